The molecule has 362 valence electrons. The van der Waals surface area contributed by atoms with Crippen LogP contribution >= 0.6 is 32.9 Å². The van der Waals surface area contributed by atoms with E-state index in [0.717, 1.165) is 42.2 Å². The van der Waals surface area contributed by atoms with Crippen LogP contribution in [0.3, 0.4) is 0 Å². The number of aromatic nitrogens is 2. The van der Waals surface area contributed by atoms with Crippen LogP contribution in [0.4, 0.5) is 9.18 Å². The monoisotopic (exact) mass is 972 g/mol. The first-order valence-electron chi connectivity index (χ1n) is 22.4. The number of carbonyl (C=O) groups is 6. The highest BCUT2D eigenvalue weighted by atomic mass is 33.1. The van der Waals surface area contributed by atoms with E-state index in [0.29, 0.717) is 22.7 Å². The van der Waals surface area contributed by atoms with Gasteiger partial charge in [0.25, 0.3) is 5.91 Å². The second-order valence-electron chi connectivity index (χ2n) is 17.0. The summed E-state index contributed by atoms with van der Waals surface area (Å²) in [6, 6.07) is 9.22. The third kappa shape index (κ3) is 17.1. The number of nitrogens with zero attached hydrogens (tertiary/aromatic N) is 4. The number of hydrogen-bond acceptors (Lipinski definition) is 14. The molecule has 0 saturated carbocycles. The summed E-state index contributed by atoms with van der Waals surface area (Å²) < 4.78 is 24.8. The van der Waals surface area contributed by atoms with Crippen LogP contribution in [-0.4, -0.2) is 113 Å². The molecule has 0 spiro atoms. The number of hydrogen-bond donors (Lipinski definition) is 4. The topological polar surface area (TPSA) is 201 Å². The third-order valence-electron chi connectivity index (χ3n) is 11.5. The molecule has 1 fully saturated rings. The number of likely N-dealkylation sites (N-methyl/N-ethyl adjacent to an activating group) is 2. The van der Waals surface area contributed by atoms with E-state index in [9.17, 15) is 33.2 Å². The molecule has 7 atom stereocenters. The summed E-state index contributed by atoms with van der Waals surface area (Å²) in [5.74, 6) is -2.95. The summed E-state index contributed by atoms with van der Waals surface area (Å²) in [5.41, 5.74) is 5.39. The van der Waals surface area contributed by atoms with Gasteiger partial charge in [0.15, 0.2) is 6.10 Å². The van der Waals surface area contributed by atoms with Crippen LogP contribution in [-0.2, 0) is 35.1 Å². The minimum absolute atomic E-state index is 0.0483. The Labute approximate surface area is 399 Å². The van der Waals surface area contributed by atoms with Gasteiger partial charge in [-0.2, -0.15) is 0 Å². The number of amides is 5. The number of hydrazine groups is 1. The largest absolute Gasteiger partial charge is 0.455 e. The molecule has 16 nitrogen and oxygen atoms in total. The van der Waals surface area contributed by atoms with Crippen molar-refractivity contribution in [3.8, 4) is 0 Å². The van der Waals surface area contributed by atoms with Crippen molar-refractivity contribution in [3.63, 3.8) is 0 Å². The predicted octanol–water partition coefficient (Wildman–Crippen LogP) is 6.73. The van der Waals surface area contributed by atoms with Gasteiger partial charge in [-0.1, -0.05) is 76.5 Å². The molecule has 1 saturated heterocycles. The Morgan fingerprint density at radius 3 is 2.39 bits per heavy atom. The maximum atomic E-state index is 14.3. The molecule has 2 aromatic heterocycles. The summed E-state index contributed by atoms with van der Waals surface area (Å²) in [5, 5.41) is 8.77. The van der Waals surface area contributed by atoms with E-state index in [2.05, 4.69) is 31.5 Å². The number of halogens is 1. The van der Waals surface area contributed by atoms with Crippen LogP contribution < -0.4 is 21.5 Å². The summed E-state index contributed by atoms with van der Waals surface area (Å²) in [6.45, 7) is 11.7. The molecule has 1 aliphatic heterocycles. The number of carbonyl (C=O) groups excluding carboxylic acids is 6. The Balaban J connectivity index is 1.42. The zero-order chi connectivity index (χ0) is 48.3. The van der Waals surface area contributed by atoms with E-state index < -0.39 is 59.8 Å². The smallest absolute Gasteiger partial charge is 0.426 e. The van der Waals surface area contributed by atoms with E-state index in [1.54, 1.807) is 42.6 Å². The fraction of sp³-hybridized carbons (Fsp3) is 0.565. The standard InChI is InChI=1S/C46H65FN8O8S3/c1-9-29(4)40(51-43(59)36-14-11-13-21-54(36)7)45(60)55(8)37(28(2)3)26-38(63-31(6)56)44-50-35(27-64-44)42(58)49-34(25-32-16-18-33(47)19-17-32)24-30(5)41(57)52-53-46(61)62-22-23-65-66-39-15-10-12-20-48-39/h10,12,15-20,27-30,34,36-38,40H,9,11,13-14,21-26H2,1-8H3,(H,49,58)(H,51,59)(H,52,57)(H,53,61)/t29?,30-,34+,36+,37+,38+,40-/m0/s1. The fourth-order valence-electron chi connectivity index (χ4n) is 7.59. The van der Waals surface area contributed by atoms with Crippen molar-refractivity contribution in [3.05, 3.63) is 76.1 Å². The highest BCUT2D eigenvalue weighted by molar-refractivity contribution is 8.76. The Hall–Kier alpha value is -4.79. The average molecular weight is 973 g/mol. The van der Waals surface area contributed by atoms with Crippen molar-refractivity contribution in [2.75, 3.05) is 33.0 Å². The van der Waals surface area contributed by atoms with Crippen molar-refractivity contribution in [2.45, 2.75) is 122 Å². The molecule has 3 aromatic rings. The number of piperidine rings is 1. The predicted molar refractivity (Wildman–Crippen MR) is 255 cm³/mol. The van der Waals surface area contributed by atoms with Gasteiger partial charge in [-0.15, -0.1) is 11.3 Å². The number of esters is 1. The van der Waals surface area contributed by atoms with Crippen molar-refractivity contribution < 1.29 is 42.6 Å². The first-order chi connectivity index (χ1) is 31.5. The maximum absolute atomic E-state index is 14.3. The highest BCUT2D eigenvalue weighted by Gasteiger charge is 2.37. The van der Waals surface area contributed by atoms with Crippen LogP contribution in [0.5, 0.6) is 0 Å². The van der Waals surface area contributed by atoms with Crippen LogP contribution in [0.25, 0.3) is 0 Å². The van der Waals surface area contributed by atoms with Gasteiger partial charge in [0, 0.05) is 55.7 Å². The number of ether oxygens (including phenoxy) is 2. The first-order valence-corrected chi connectivity index (χ1v) is 25.5. The zero-order valence-corrected chi connectivity index (χ0v) is 41.5. The van der Waals surface area contributed by atoms with E-state index in [1.807, 2.05) is 57.8 Å². The molecule has 0 aliphatic carbocycles. The summed E-state index contributed by atoms with van der Waals surface area (Å²) in [4.78, 5) is 92.1. The summed E-state index contributed by atoms with van der Waals surface area (Å²) in [7, 11) is 6.54. The lowest BCUT2D eigenvalue weighted by Crippen LogP contribution is -2.58. The number of nitrogens with one attached hydrogen (secondary N) is 4. The second kappa shape index (κ2) is 27.1. The number of likely N-dealkylation sites (tertiary alicyclic amines) is 1. The molecule has 4 rings (SSSR count). The van der Waals surface area contributed by atoms with Gasteiger partial charge in [0.2, 0.25) is 17.7 Å². The van der Waals surface area contributed by atoms with Gasteiger partial charge in [-0.05, 0) is 91.7 Å². The minimum Gasteiger partial charge on any atom is -0.455 e. The quantitative estimate of drug-likeness (QED) is 0.0338. The number of benzene rings is 1. The molecule has 0 radical (unpaired) electrons. The molecule has 5 amide bonds. The molecular weight excluding hydrogens is 908 g/mol. The molecule has 4 N–H and O–H groups in total. The summed E-state index contributed by atoms with van der Waals surface area (Å²) in [6.07, 6.45) is 3.85. The van der Waals surface area contributed by atoms with E-state index in [-0.39, 0.29) is 61.3 Å². The Morgan fingerprint density at radius 1 is 1.00 bits per heavy atom. The lowest BCUT2D eigenvalue weighted by atomic mass is 9.92. The Morgan fingerprint density at radius 2 is 1.74 bits per heavy atom. The highest BCUT2D eigenvalue weighted by Crippen LogP contribution is 2.32. The number of pyridine rings is 1. The number of rotatable bonds is 23. The van der Waals surface area contributed by atoms with Crippen LogP contribution in [0.1, 0.15) is 107 Å². The molecule has 1 aliphatic rings. The zero-order valence-electron chi connectivity index (χ0n) is 39.0. The van der Waals surface area contributed by atoms with E-state index in [1.165, 1.54) is 40.6 Å². The van der Waals surface area contributed by atoms with Crippen LogP contribution in [0.2, 0.25) is 0 Å². The lowest BCUT2D eigenvalue weighted by molar-refractivity contribution is -0.149. The molecule has 1 unspecified atom stereocenters. The molecule has 0 bridgehead atoms. The second-order valence-corrected chi connectivity index (χ2v) is 20.3. The van der Waals surface area contributed by atoms with Crippen LogP contribution in [0.15, 0.2) is 59.1 Å². The lowest BCUT2D eigenvalue weighted by Gasteiger charge is -2.38. The van der Waals surface area contributed by atoms with Crippen molar-refractivity contribution in [1.29, 1.82) is 0 Å². The Kier molecular flexibility index (Phi) is 22.1. The molecule has 20 heteroatoms. The SMILES string of the molecule is CCC(C)[C@H](NC(=O)[C@H]1CCCCN1C)C(=O)N(C)[C@H](C[C@@H](OC(C)=O)c1nc(C(=O)N[C@@H](Cc2ccc(F)cc2)C[C@H](C)C(=O)NNC(=O)OCCSSc2ccccn2)cs1)C(C)C. The maximum Gasteiger partial charge on any atom is 0.426 e. The molecule has 66 heavy (non-hydrogen) atoms. The van der Waals surface area contributed by atoms with Gasteiger partial charge in [-0.3, -0.25) is 34.3 Å². The van der Waals surface area contributed by atoms with Gasteiger partial charge in [0.05, 0.1) is 6.04 Å². The normalized spacial score (nSPS) is 16.7. The molecule has 3 heterocycles. The fourth-order valence-corrected chi connectivity index (χ4v) is 10.1. The van der Waals surface area contributed by atoms with Crippen LogP contribution in [0, 0.1) is 23.6 Å². The van der Waals surface area contributed by atoms with Gasteiger partial charge in [-0.25, -0.2) is 24.6 Å². The van der Waals surface area contributed by atoms with Crippen molar-refractivity contribution >= 4 is 68.6 Å². The minimum atomic E-state index is -0.911. The van der Waals surface area contributed by atoms with Gasteiger partial charge < -0.3 is 25.0 Å². The van der Waals surface area contributed by atoms with Crippen molar-refractivity contribution in [1.82, 2.24) is 41.3 Å². The third-order valence-corrected chi connectivity index (χ3v) is 14.7. The summed E-state index contributed by atoms with van der Waals surface area (Å²) >= 11 is 1.13. The van der Waals surface area contributed by atoms with E-state index >= 15 is 0 Å². The van der Waals surface area contributed by atoms with E-state index in [4.69, 9.17) is 9.47 Å². The van der Waals surface area contributed by atoms with Crippen molar-refractivity contribution in [2.24, 2.45) is 17.8 Å². The number of thiazole rings is 1. The average Bonchev–Trinajstić information content (AvgIpc) is 3.79. The van der Waals surface area contributed by atoms with Gasteiger partial charge in [0.1, 0.15) is 34.2 Å². The Bertz CT molecular complexity index is 2050. The first kappa shape index (κ1) is 53.8. The molecular formula is C46H65FN8O8S3. The molecule has 1 aromatic carbocycles. The van der Waals surface area contributed by atoms with Gasteiger partial charge >= 0.3 is 12.1 Å².